The minimum atomic E-state index is 0.658. The van der Waals surface area contributed by atoms with Gasteiger partial charge in [-0.2, -0.15) is 0 Å². The first-order valence-electron chi connectivity index (χ1n) is 6.35. The molecule has 15 heavy (non-hydrogen) atoms. The van der Waals surface area contributed by atoms with Crippen molar-refractivity contribution in [2.24, 2.45) is 5.92 Å². The van der Waals surface area contributed by atoms with Gasteiger partial charge in [-0.1, -0.05) is 12.8 Å². The highest BCUT2D eigenvalue weighted by molar-refractivity contribution is 7.80. The Hall–Kier alpha value is -0.310. The predicted octanol–water partition coefficient (Wildman–Crippen LogP) is 2.54. The zero-order chi connectivity index (χ0) is 10.7. The van der Waals surface area contributed by atoms with Crippen LogP contribution in [0.15, 0.2) is 0 Å². The largest absolute Gasteiger partial charge is 0.360 e. The highest BCUT2D eigenvalue weighted by Gasteiger charge is 2.25. The van der Waals surface area contributed by atoms with Crippen LogP contribution >= 0.6 is 12.2 Å². The molecule has 1 N–H and O–H groups in total. The van der Waals surface area contributed by atoms with E-state index in [9.17, 15) is 0 Å². The fraction of sp³-hybridized carbons (Fsp3) is 0.917. The zero-order valence-electron chi connectivity index (χ0n) is 9.67. The lowest BCUT2D eigenvalue weighted by Gasteiger charge is -2.26. The van der Waals surface area contributed by atoms with Gasteiger partial charge in [-0.3, -0.25) is 0 Å². The quantitative estimate of drug-likeness (QED) is 0.742. The summed E-state index contributed by atoms with van der Waals surface area (Å²) >= 11 is 5.47. The highest BCUT2D eigenvalue weighted by Crippen LogP contribution is 2.29. The molecule has 0 atom stereocenters. The number of hydrogen-bond acceptors (Lipinski definition) is 1. The van der Waals surface area contributed by atoms with Crippen LogP contribution < -0.4 is 5.32 Å². The summed E-state index contributed by atoms with van der Waals surface area (Å²) in [5.74, 6) is 0.924. The van der Waals surface area contributed by atoms with Crippen LogP contribution in [-0.2, 0) is 0 Å². The summed E-state index contributed by atoms with van der Waals surface area (Å²) in [7, 11) is 0. The Labute approximate surface area is 98.4 Å². The van der Waals surface area contributed by atoms with Gasteiger partial charge < -0.3 is 10.2 Å². The van der Waals surface area contributed by atoms with E-state index in [2.05, 4.69) is 17.1 Å². The van der Waals surface area contributed by atoms with E-state index in [1.165, 1.54) is 45.1 Å². The van der Waals surface area contributed by atoms with Crippen molar-refractivity contribution in [3.05, 3.63) is 0 Å². The molecular formula is C12H22N2S. The summed E-state index contributed by atoms with van der Waals surface area (Å²) in [4.78, 5) is 2.34. The van der Waals surface area contributed by atoms with Crippen molar-refractivity contribution in [3.8, 4) is 0 Å². The van der Waals surface area contributed by atoms with Gasteiger partial charge in [0.1, 0.15) is 0 Å². The Morgan fingerprint density at radius 3 is 2.47 bits per heavy atom. The van der Waals surface area contributed by atoms with Gasteiger partial charge in [0.15, 0.2) is 5.11 Å². The molecule has 0 aliphatic heterocycles. The Balaban J connectivity index is 1.75. The lowest BCUT2D eigenvalue weighted by atomic mass is 10.2. The molecule has 2 nitrogen and oxygen atoms in total. The van der Waals surface area contributed by atoms with Gasteiger partial charge in [0.05, 0.1) is 0 Å². The van der Waals surface area contributed by atoms with Crippen molar-refractivity contribution in [2.45, 2.75) is 51.5 Å². The van der Waals surface area contributed by atoms with Crippen LogP contribution in [0.4, 0.5) is 0 Å². The van der Waals surface area contributed by atoms with E-state index in [1.54, 1.807) is 0 Å². The van der Waals surface area contributed by atoms with Crippen LogP contribution in [0, 0.1) is 5.92 Å². The van der Waals surface area contributed by atoms with Crippen molar-refractivity contribution in [3.63, 3.8) is 0 Å². The maximum atomic E-state index is 5.47. The Kier molecular flexibility index (Phi) is 3.84. The molecular weight excluding hydrogens is 204 g/mol. The van der Waals surface area contributed by atoms with Gasteiger partial charge in [0, 0.05) is 19.1 Å². The second kappa shape index (κ2) is 5.15. The van der Waals surface area contributed by atoms with E-state index in [0.29, 0.717) is 6.04 Å². The SMILES string of the molecule is CCN(CC1CC1)C(=S)NC1CCCC1. The van der Waals surface area contributed by atoms with E-state index >= 15 is 0 Å². The number of rotatable bonds is 4. The van der Waals surface area contributed by atoms with Gasteiger partial charge in [0.25, 0.3) is 0 Å². The maximum Gasteiger partial charge on any atom is 0.169 e. The highest BCUT2D eigenvalue weighted by atomic mass is 32.1. The van der Waals surface area contributed by atoms with E-state index in [4.69, 9.17) is 12.2 Å². The number of nitrogens with zero attached hydrogens (tertiary/aromatic N) is 1. The average molecular weight is 226 g/mol. The van der Waals surface area contributed by atoms with Gasteiger partial charge >= 0.3 is 0 Å². The lowest BCUT2D eigenvalue weighted by Crippen LogP contribution is -2.44. The fourth-order valence-corrected chi connectivity index (χ4v) is 2.67. The topological polar surface area (TPSA) is 15.3 Å². The summed E-state index contributed by atoms with van der Waals surface area (Å²) in [6, 6.07) is 0.658. The third-order valence-corrected chi connectivity index (χ3v) is 3.90. The molecule has 3 heteroatoms. The summed E-state index contributed by atoms with van der Waals surface area (Å²) in [6.07, 6.45) is 8.16. The van der Waals surface area contributed by atoms with Crippen molar-refractivity contribution >= 4 is 17.3 Å². The smallest absolute Gasteiger partial charge is 0.169 e. The number of hydrogen-bond donors (Lipinski definition) is 1. The molecule has 0 bridgehead atoms. The van der Waals surface area contributed by atoms with E-state index < -0.39 is 0 Å². The molecule has 0 unspecified atom stereocenters. The van der Waals surface area contributed by atoms with Crippen LogP contribution in [0.5, 0.6) is 0 Å². The van der Waals surface area contributed by atoms with Crippen LogP contribution in [0.2, 0.25) is 0 Å². The van der Waals surface area contributed by atoms with Gasteiger partial charge in [0.2, 0.25) is 0 Å². The van der Waals surface area contributed by atoms with Crippen molar-refractivity contribution in [1.29, 1.82) is 0 Å². The minimum absolute atomic E-state index is 0.658. The molecule has 2 rings (SSSR count). The Bertz CT molecular complexity index is 220. The summed E-state index contributed by atoms with van der Waals surface area (Å²) in [5, 5.41) is 4.52. The van der Waals surface area contributed by atoms with Crippen LogP contribution in [-0.4, -0.2) is 29.1 Å². The summed E-state index contributed by atoms with van der Waals surface area (Å²) in [5.41, 5.74) is 0. The summed E-state index contributed by atoms with van der Waals surface area (Å²) < 4.78 is 0. The number of thiocarbonyl (C=S) groups is 1. The Morgan fingerprint density at radius 2 is 1.93 bits per heavy atom. The monoisotopic (exact) mass is 226 g/mol. The van der Waals surface area contributed by atoms with E-state index in [-0.39, 0.29) is 0 Å². The fourth-order valence-electron chi connectivity index (χ4n) is 2.30. The molecule has 0 radical (unpaired) electrons. The summed E-state index contributed by atoms with van der Waals surface area (Å²) in [6.45, 7) is 4.43. The molecule has 2 aliphatic carbocycles. The molecule has 0 heterocycles. The molecule has 0 aromatic rings. The first-order chi connectivity index (χ1) is 7.29. The molecule has 0 saturated heterocycles. The van der Waals surface area contributed by atoms with Gasteiger partial charge in [-0.05, 0) is 50.7 Å². The second-order valence-corrected chi connectivity index (χ2v) is 5.30. The van der Waals surface area contributed by atoms with Crippen molar-refractivity contribution < 1.29 is 0 Å². The predicted molar refractivity (Wildman–Crippen MR) is 68.0 cm³/mol. The third kappa shape index (κ3) is 3.33. The average Bonchev–Trinajstić information content (AvgIpc) is 2.91. The first kappa shape index (κ1) is 11.2. The molecule has 0 aromatic carbocycles. The molecule has 86 valence electrons. The van der Waals surface area contributed by atoms with Crippen molar-refractivity contribution in [1.82, 2.24) is 10.2 Å². The van der Waals surface area contributed by atoms with E-state index in [1.807, 2.05) is 0 Å². The van der Waals surface area contributed by atoms with Gasteiger partial charge in [-0.15, -0.1) is 0 Å². The standard InChI is InChI=1S/C12H22N2S/c1-2-14(9-10-7-8-10)12(15)13-11-5-3-4-6-11/h10-11H,2-9H2,1H3,(H,13,15). The van der Waals surface area contributed by atoms with E-state index in [0.717, 1.165) is 17.6 Å². The Morgan fingerprint density at radius 1 is 1.27 bits per heavy atom. The van der Waals surface area contributed by atoms with Crippen LogP contribution in [0.3, 0.4) is 0 Å². The van der Waals surface area contributed by atoms with Crippen molar-refractivity contribution in [2.75, 3.05) is 13.1 Å². The molecule has 0 amide bonds. The van der Waals surface area contributed by atoms with Gasteiger partial charge in [-0.25, -0.2) is 0 Å². The molecule has 2 saturated carbocycles. The zero-order valence-corrected chi connectivity index (χ0v) is 10.5. The molecule has 2 aliphatic rings. The molecule has 0 spiro atoms. The first-order valence-corrected chi connectivity index (χ1v) is 6.76. The normalized spacial score (nSPS) is 21.7. The lowest BCUT2D eigenvalue weighted by molar-refractivity contribution is 0.404. The van der Waals surface area contributed by atoms with Crippen LogP contribution in [0.25, 0.3) is 0 Å². The maximum absolute atomic E-state index is 5.47. The molecule has 0 aromatic heterocycles. The third-order valence-electron chi connectivity index (χ3n) is 3.53. The van der Waals surface area contributed by atoms with Crippen LogP contribution in [0.1, 0.15) is 45.4 Å². The second-order valence-electron chi connectivity index (χ2n) is 4.91. The molecule has 2 fully saturated rings. The number of nitrogens with one attached hydrogen (secondary N) is 1. The minimum Gasteiger partial charge on any atom is -0.360 e.